The Morgan fingerprint density at radius 2 is 2.22 bits per heavy atom. The van der Waals surface area contributed by atoms with Gasteiger partial charge in [-0.1, -0.05) is 17.8 Å². The lowest BCUT2D eigenvalue weighted by atomic mass is 10.2. The van der Waals surface area contributed by atoms with Gasteiger partial charge in [-0.2, -0.15) is 0 Å². The van der Waals surface area contributed by atoms with Crippen molar-refractivity contribution in [3.05, 3.63) is 29.8 Å². The molecule has 1 heterocycles. The molecule has 2 rings (SSSR count). The summed E-state index contributed by atoms with van der Waals surface area (Å²) in [4.78, 5) is 14.2. The van der Waals surface area contributed by atoms with Gasteiger partial charge in [0.15, 0.2) is 17.5 Å². The van der Waals surface area contributed by atoms with Gasteiger partial charge in [0.05, 0.1) is 11.3 Å². The normalized spacial score (nSPS) is 10.6. The van der Waals surface area contributed by atoms with Gasteiger partial charge in [-0.15, -0.1) is 5.10 Å². The van der Waals surface area contributed by atoms with Gasteiger partial charge in [-0.3, -0.25) is 9.89 Å². The average molecular weight is 271 g/mol. The standard InChI is InChI=1S/C10H7F2N3O2S/c11-6-3-1-2-5(8(6)12)9-13-10(15-14-9)18-4-7(16)17/h1-3H,4H2,(H,16,17)(H,13,14,15). The molecule has 0 amide bonds. The van der Waals surface area contributed by atoms with E-state index < -0.39 is 17.6 Å². The van der Waals surface area contributed by atoms with Crippen LogP contribution in [0.4, 0.5) is 8.78 Å². The summed E-state index contributed by atoms with van der Waals surface area (Å²) in [6.07, 6.45) is 0. The van der Waals surface area contributed by atoms with E-state index in [0.29, 0.717) is 0 Å². The van der Waals surface area contributed by atoms with Crippen molar-refractivity contribution in [1.82, 2.24) is 15.2 Å². The zero-order valence-electron chi connectivity index (χ0n) is 8.85. The maximum Gasteiger partial charge on any atom is 0.313 e. The highest BCUT2D eigenvalue weighted by Crippen LogP contribution is 2.23. The van der Waals surface area contributed by atoms with E-state index in [1.807, 2.05) is 0 Å². The zero-order valence-corrected chi connectivity index (χ0v) is 9.67. The van der Waals surface area contributed by atoms with Gasteiger partial charge < -0.3 is 5.11 Å². The molecule has 5 nitrogen and oxygen atoms in total. The van der Waals surface area contributed by atoms with Gasteiger partial charge in [0, 0.05) is 0 Å². The van der Waals surface area contributed by atoms with Crippen molar-refractivity contribution < 1.29 is 18.7 Å². The summed E-state index contributed by atoms with van der Waals surface area (Å²) in [7, 11) is 0. The lowest BCUT2D eigenvalue weighted by Crippen LogP contribution is -1.97. The van der Waals surface area contributed by atoms with Crippen LogP contribution in [0, 0.1) is 11.6 Å². The first-order valence-electron chi connectivity index (χ1n) is 4.79. The maximum atomic E-state index is 13.4. The van der Waals surface area contributed by atoms with Crippen LogP contribution in [0.3, 0.4) is 0 Å². The summed E-state index contributed by atoms with van der Waals surface area (Å²) >= 11 is 0.885. The summed E-state index contributed by atoms with van der Waals surface area (Å²) in [6.45, 7) is 0. The second-order valence-electron chi connectivity index (χ2n) is 3.25. The highest BCUT2D eigenvalue weighted by Gasteiger charge is 2.14. The van der Waals surface area contributed by atoms with E-state index in [9.17, 15) is 13.6 Å². The van der Waals surface area contributed by atoms with Crippen LogP contribution in [0.15, 0.2) is 23.4 Å². The van der Waals surface area contributed by atoms with Crippen LogP contribution in [0.5, 0.6) is 0 Å². The Kier molecular flexibility index (Phi) is 3.56. The monoisotopic (exact) mass is 271 g/mol. The van der Waals surface area contributed by atoms with Crippen LogP contribution >= 0.6 is 11.8 Å². The number of aromatic amines is 1. The number of thioether (sulfide) groups is 1. The van der Waals surface area contributed by atoms with Gasteiger partial charge in [0.1, 0.15) is 0 Å². The Labute approximate surface area is 104 Å². The van der Waals surface area contributed by atoms with Crippen LogP contribution in [0.25, 0.3) is 11.4 Å². The Balaban J connectivity index is 2.24. The lowest BCUT2D eigenvalue weighted by Gasteiger charge is -1.98. The number of hydrogen-bond acceptors (Lipinski definition) is 4. The predicted octanol–water partition coefficient (Wildman–Crippen LogP) is 1.93. The fourth-order valence-electron chi connectivity index (χ4n) is 1.24. The fraction of sp³-hybridized carbons (Fsp3) is 0.100. The average Bonchev–Trinajstić information content (AvgIpc) is 2.78. The van der Waals surface area contributed by atoms with Crippen molar-refractivity contribution in [1.29, 1.82) is 0 Å². The molecule has 0 atom stereocenters. The summed E-state index contributed by atoms with van der Waals surface area (Å²) in [6, 6.07) is 3.69. The highest BCUT2D eigenvalue weighted by molar-refractivity contribution is 7.99. The van der Waals surface area contributed by atoms with E-state index in [2.05, 4.69) is 15.2 Å². The molecular formula is C10H7F2N3O2S. The van der Waals surface area contributed by atoms with E-state index in [1.165, 1.54) is 12.1 Å². The minimum absolute atomic E-state index is 0.0512. The number of benzene rings is 1. The number of carbonyl (C=O) groups is 1. The van der Waals surface area contributed by atoms with E-state index in [4.69, 9.17) is 5.11 Å². The lowest BCUT2D eigenvalue weighted by molar-refractivity contribution is -0.133. The maximum absolute atomic E-state index is 13.4. The fourth-order valence-corrected chi connectivity index (χ4v) is 1.76. The topological polar surface area (TPSA) is 78.9 Å². The van der Waals surface area contributed by atoms with E-state index in [-0.39, 0.29) is 22.3 Å². The quantitative estimate of drug-likeness (QED) is 0.831. The molecule has 0 saturated heterocycles. The van der Waals surface area contributed by atoms with Crippen LogP contribution < -0.4 is 0 Å². The van der Waals surface area contributed by atoms with Gasteiger partial charge in [-0.05, 0) is 12.1 Å². The summed E-state index contributed by atoms with van der Waals surface area (Å²) in [5, 5.41) is 14.8. The Bertz CT molecular complexity index is 588. The van der Waals surface area contributed by atoms with Crippen molar-refractivity contribution in [3.8, 4) is 11.4 Å². The summed E-state index contributed by atoms with van der Waals surface area (Å²) in [5.74, 6) is -3.17. The van der Waals surface area contributed by atoms with Crippen LogP contribution in [0.1, 0.15) is 0 Å². The number of carboxylic acids is 1. The molecule has 8 heteroatoms. The summed E-state index contributed by atoms with van der Waals surface area (Å²) in [5.41, 5.74) is -0.0512. The molecule has 1 aromatic carbocycles. The largest absolute Gasteiger partial charge is 0.481 e. The number of nitrogens with one attached hydrogen (secondary N) is 1. The number of aromatic nitrogens is 3. The molecule has 2 N–H and O–H groups in total. The number of hydrogen-bond donors (Lipinski definition) is 2. The molecule has 0 aliphatic carbocycles. The van der Waals surface area contributed by atoms with Crippen LogP contribution in [0.2, 0.25) is 0 Å². The molecule has 94 valence electrons. The van der Waals surface area contributed by atoms with Gasteiger partial charge in [-0.25, -0.2) is 13.8 Å². The van der Waals surface area contributed by atoms with Crippen molar-refractivity contribution in [2.75, 3.05) is 5.75 Å². The molecule has 0 unspecified atom stereocenters. The third-order valence-electron chi connectivity index (χ3n) is 2.00. The minimum Gasteiger partial charge on any atom is -0.481 e. The second-order valence-corrected chi connectivity index (χ2v) is 4.19. The van der Waals surface area contributed by atoms with E-state index >= 15 is 0 Å². The van der Waals surface area contributed by atoms with Gasteiger partial charge in [0.2, 0.25) is 5.16 Å². The molecular weight excluding hydrogens is 264 g/mol. The molecule has 0 aliphatic rings. The van der Waals surface area contributed by atoms with Crippen molar-refractivity contribution in [2.24, 2.45) is 0 Å². The first-order valence-corrected chi connectivity index (χ1v) is 5.78. The highest BCUT2D eigenvalue weighted by atomic mass is 32.2. The predicted molar refractivity (Wildman–Crippen MR) is 60.1 cm³/mol. The molecule has 0 radical (unpaired) electrons. The van der Waals surface area contributed by atoms with Crippen molar-refractivity contribution in [3.63, 3.8) is 0 Å². The zero-order chi connectivity index (χ0) is 13.1. The number of nitrogens with zero attached hydrogens (tertiary/aromatic N) is 2. The third kappa shape index (κ3) is 2.65. The number of halogens is 2. The molecule has 0 spiro atoms. The second kappa shape index (κ2) is 5.13. The first-order chi connectivity index (χ1) is 8.58. The minimum atomic E-state index is -1.02. The smallest absolute Gasteiger partial charge is 0.313 e. The molecule has 1 aromatic heterocycles. The number of H-pyrrole nitrogens is 1. The molecule has 18 heavy (non-hydrogen) atoms. The van der Waals surface area contributed by atoms with E-state index in [1.54, 1.807) is 0 Å². The number of aliphatic carboxylic acids is 1. The van der Waals surface area contributed by atoms with Gasteiger partial charge >= 0.3 is 5.97 Å². The Hall–Kier alpha value is -1.96. The third-order valence-corrected chi connectivity index (χ3v) is 2.83. The number of carboxylic acid groups (broad SMARTS) is 1. The Morgan fingerprint density at radius 1 is 1.44 bits per heavy atom. The van der Waals surface area contributed by atoms with Crippen molar-refractivity contribution in [2.45, 2.75) is 5.16 Å². The molecule has 0 saturated carbocycles. The van der Waals surface area contributed by atoms with Crippen LogP contribution in [-0.2, 0) is 4.79 Å². The molecule has 0 aliphatic heterocycles. The SMILES string of the molecule is O=C(O)CSc1n[nH]c(-c2cccc(F)c2F)n1. The molecule has 0 bridgehead atoms. The van der Waals surface area contributed by atoms with Crippen molar-refractivity contribution >= 4 is 17.7 Å². The first kappa shape index (κ1) is 12.5. The molecule has 0 fully saturated rings. The van der Waals surface area contributed by atoms with E-state index in [0.717, 1.165) is 17.8 Å². The number of rotatable bonds is 4. The van der Waals surface area contributed by atoms with Crippen LogP contribution in [-0.4, -0.2) is 32.0 Å². The summed E-state index contributed by atoms with van der Waals surface area (Å²) < 4.78 is 26.5. The molecule has 2 aromatic rings. The Morgan fingerprint density at radius 3 is 2.94 bits per heavy atom. The van der Waals surface area contributed by atoms with Gasteiger partial charge in [0.25, 0.3) is 0 Å².